The molecule has 1 aromatic carbocycles. The molecule has 0 amide bonds. The molecule has 17 heavy (non-hydrogen) atoms. The molecule has 0 aromatic heterocycles. The second-order valence-electron chi connectivity index (χ2n) is 5.09. The van der Waals surface area contributed by atoms with E-state index in [0.29, 0.717) is 6.54 Å². The number of anilines is 1. The lowest BCUT2D eigenvalue weighted by Crippen LogP contribution is -2.38. The van der Waals surface area contributed by atoms with Crippen LogP contribution in [0.25, 0.3) is 0 Å². The molecule has 0 bridgehead atoms. The minimum Gasteiger partial charge on any atom is -0.389 e. The van der Waals surface area contributed by atoms with Gasteiger partial charge >= 0.3 is 0 Å². The maximum absolute atomic E-state index is 9.84. The third-order valence-corrected chi connectivity index (χ3v) is 2.70. The van der Waals surface area contributed by atoms with Crippen molar-refractivity contribution in [2.75, 3.05) is 18.0 Å². The van der Waals surface area contributed by atoms with Crippen LogP contribution in [0.4, 0.5) is 5.69 Å². The maximum atomic E-state index is 9.84. The van der Waals surface area contributed by atoms with Crippen molar-refractivity contribution < 1.29 is 10.2 Å². The Morgan fingerprint density at radius 1 is 1.24 bits per heavy atom. The molecule has 1 aromatic rings. The number of aliphatic hydroxyl groups is 2. The van der Waals surface area contributed by atoms with Crippen molar-refractivity contribution >= 4 is 5.69 Å². The van der Waals surface area contributed by atoms with Crippen LogP contribution in [-0.2, 0) is 0 Å². The third kappa shape index (κ3) is 4.36. The summed E-state index contributed by atoms with van der Waals surface area (Å²) in [6.07, 6.45) is -0.437. The number of hydrogen-bond acceptors (Lipinski definition) is 3. The predicted octanol–water partition coefficient (Wildman–Crippen LogP) is 2.34. The fraction of sp³-hybridized carbons (Fsp3) is 0.571. The van der Waals surface area contributed by atoms with Crippen molar-refractivity contribution in [2.45, 2.75) is 39.4 Å². The summed E-state index contributed by atoms with van der Waals surface area (Å²) in [4.78, 5) is 2.12. The number of nitrogens with zero attached hydrogens (tertiary/aromatic N) is 1. The second-order valence-corrected chi connectivity index (χ2v) is 5.09. The molecule has 2 N–H and O–H groups in total. The molecule has 0 aliphatic heterocycles. The summed E-state index contributed by atoms with van der Waals surface area (Å²) in [5, 5.41) is 19.3. The van der Waals surface area contributed by atoms with E-state index in [9.17, 15) is 10.2 Å². The molecule has 0 spiro atoms. The Morgan fingerprint density at radius 3 is 2.12 bits per heavy atom. The first-order valence-corrected chi connectivity index (χ1v) is 6.09. The average Bonchev–Trinajstić information content (AvgIpc) is 2.25. The zero-order chi connectivity index (χ0) is 13.1. The van der Waals surface area contributed by atoms with Crippen LogP contribution >= 0.6 is 0 Å². The Kier molecular flexibility index (Phi) is 4.54. The third-order valence-electron chi connectivity index (χ3n) is 2.70. The Hall–Kier alpha value is -1.06. The SMILES string of the molecule is CCN(CC(C)(C)O)c1ccc([C@@H](C)O)cc1. The van der Waals surface area contributed by atoms with E-state index < -0.39 is 11.7 Å². The van der Waals surface area contributed by atoms with Crippen molar-refractivity contribution in [1.82, 2.24) is 0 Å². The first-order chi connectivity index (χ1) is 7.83. The Morgan fingerprint density at radius 2 is 1.76 bits per heavy atom. The van der Waals surface area contributed by atoms with E-state index in [1.54, 1.807) is 20.8 Å². The summed E-state index contributed by atoms with van der Waals surface area (Å²) >= 11 is 0. The number of rotatable bonds is 5. The summed E-state index contributed by atoms with van der Waals surface area (Å²) in [6, 6.07) is 7.81. The highest BCUT2D eigenvalue weighted by molar-refractivity contribution is 5.48. The highest BCUT2D eigenvalue weighted by atomic mass is 16.3. The lowest BCUT2D eigenvalue weighted by molar-refractivity contribution is 0.0876. The van der Waals surface area contributed by atoms with Gasteiger partial charge in [0.25, 0.3) is 0 Å². The summed E-state index contributed by atoms with van der Waals surface area (Å²) in [5.74, 6) is 0. The number of hydrogen-bond donors (Lipinski definition) is 2. The summed E-state index contributed by atoms with van der Waals surface area (Å²) in [5.41, 5.74) is 1.27. The van der Waals surface area contributed by atoms with E-state index in [4.69, 9.17) is 0 Å². The van der Waals surface area contributed by atoms with E-state index in [-0.39, 0.29) is 0 Å². The molecule has 0 saturated carbocycles. The maximum Gasteiger partial charge on any atom is 0.0765 e. The quantitative estimate of drug-likeness (QED) is 0.826. The van der Waals surface area contributed by atoms with Crippen LogP contribution < -0.4 is 4.90 Å². The van der Waals surface area contributed by atoms with Crippen LogP contribution in [0.3, 0.4) is 0 Å². The molecular weight excluding hydrogens is 214 g/mol. The highest BCUT2D eigenvalue weighted by Gasteiger charge is 2.17. The average molecular weight is 237 g/mol. The van der Waals surface area contributed by atoms with Gasteiger partial charge in [0.1, 0.15) is 0 Å². The molecule has 1 atom stereocenters. The molecule has 1 rings (SSSR count). The van der Waals surface area contributed by atoms with Gasteiger partial charge in [-0.1, -0.05) is 12.1 Å². The van der Waals surface area contributed by atoms with Crippen LogP contribution in [0.1, 0.15) is 39.4 Å². The van der Waals surface area contributed by atoms with E-state index in [2.05, 4.69) is 11.8 Å². The minimum absolute atomic E-state index is 0.437. The van der Waals surface area contributed by atoms with Gasteiger partial charge in [-0.05, 0) is 45.4 Å². The van der Waals surface area contributed by atoms with E-state index in [1.165, 1.54) is 0 Å². The van der Waals surface area contributed by atoms with Crippen LogP contribution in [0, 0.1) is 0 Å². The van der Waals surface area contributed by atoms with Crippen molar-refractivity contribution in [2.24, 2.45) is 0 Å². The summed E-state index contributed by atoms with van der Waals surface area (Å²) in [7, 11) is 0. The summed E-state index contributed by atoms with van der Waals surface area (Å²) < 4.78 is 0. The number of likely N-dealkylation sites (N-methyl/N-ethyl adjacent to an activating group) is 1. The smallest absolute Gasteiger partial charge is 0.0765 e. The fourth-order valence-corrected chi connectivity index (χ4v) is 1.82. The second kappa shape index (κ2) is 5.52. The van der Waals surface area contributed by atoms with Crippen molar-refractivity contribution in [3.05, 3.63) is 29.8 Å². The van der Waals surface area contributed by atoms with Gasteiger partial charge in [0.15, 0.2) is 0 Å². The largest absolute Gasteiger partial charge is 0.389 e. The molecule has 0 heterocycles. The van der Waals surface area contributed by atoms with Gasteiger partial charge < -0.3 is 15.1 Å². The van der Waals surface area contributed by atoms with Gasteiger partial charge in [-0.3, -0.25) is 0 Å². The van der Waals surface area contributed by atoms with Crippen LogP contribution in [0.15, 0.2) is 24.3 Å². The van der Waals surface area contributed by atoms with Crippen LogP contribution in [0.5, 0.6) is 0 Å². The van der Waals surface area contributed by atoms with Crippen LogP contribution in [-0.4, -0.2) is 28.9 Å². The zero-order valence-electron chi connectivity index (χ0n) is 11.1. The molecule has 3 heteroatoms. The highest BCUT2D eigenvalue weighted by Crippen LogP contribution is 2.20. The van der Waals surface area contributed by atoms with Crippen molar-refractivity contribution in [1.29, 1.82) is 0 Å². The lowest BCUT2D eigenvalue weighted by atomic mass is 10.1. The Bertz CT molecular complexity index is 338. The molecule has 96 valence electrons. The Labute approximate surface area is 104 Å². The van der Waals surface area contributed by atoms with Gasteiger partial charge in [0.2, 0.25) is 0 Å². The van der Waals surface area contributed by atoms with Gasteiger partial charge in [-0.15, -0.1) is 0 Å². The molecule has 0 saturated heterocycles. The first kappa shape index (κ1) is 14.0. The van der Waals surface area contributed by atoms with Gasteiger partial charge in [-0.2, -0.15) is 0 Å². The van der Waals surface area contributed by atoms with E-state index >= 15 is 0 Å². The Balaban J connectivity index is 2.82. The monoisotopic (exact) mass is 237 g/mol. The predicted molar refractivity (Wildman–Crippen MR) is 71.3 cm³/mol. The number of aliphatic hydroxyl groups excluding tert-OH is 1. The lowest BCUT2D eigenvalue weighted by Gasteiger charge is -2.30. The molecule has 0 aliphatic rings. The molecular formula is C14H23NO2. The van der Waals surface area contributed by atoms with E-state index in [0.717, 1.165) is 17.8 Å². The van der Waals surface area contributed by atoms with Crippen molar-refractivity contribution in [3.63, 3.8) is 0 Å². The molecule has 0 fully saturated rings. The van der Waals surface area contributed by atoms with Crippen molar-refractivity contribution in [3.8, 4) is 0 Å². The van der Waals surface area contributed by atoms with Crippen LogP contribution in [0.2, 0.25) is 0 Å². The summed E-state index contributed by atoms with van der Waals surface area (Å²) in [6.45, 7) is 8.87. The first-order valence-electron chi connectivity index (χ1n) is 6.09. The normalized spacial score (nSPS) is 13.5. The minimum atomic E-state index is -0.709. The molecule has 0 aliphatic carbocycles. The topological polar surface area (TPSA) is 43.7 Å². The number of benzene rings is 1. The fourth-order valence-electron chi connectivity index (χ4n) is 1.82. The van der Waals surface area contributed by atoms with Gasteiger partial charge in [0, 0.05) is 18.8 Å². The standard InChI is InChI=1S/C14H23NO2/c1-5-15(10-14(3,4)17)13-8-6-12(7-9-13)11(2)16/h6-9,11,16-17H,5,10H2,1-4H3/t11-/m1/s1. The van der Waals surface area contributed by atoms with E-state index in [1.807, 2.05) is 24.3 Å². The van der Waals surface area contributed by atoms with Gasteiger partial charge in [0.05, 0.1) is 11.7 Å². The molecule has 3 nitrogen and oxygen atoms in total. The zero-order valence-corrected chi connectivity index (χ0v) is 11.1. The molecule has 0 unspecified atom stereocenters. The molecule has 0 radical (unpaired) electrons. The van der Waals surface area contributed by atoms with Gasteiger partial charge in [-0.25, -0.2) is 0 Å².